The molecule has 1 heterocycles. The average Bonchev–Trinajstić information content (AvgIpc) is 2.38. The third-order valence-corrected chi connectivity index (χ3v) is 3.51. The van der Waals surface area contributed by atoms with E-state index in [9.17, 15) is 9.59 Å². The maximum Gasteiger partial charge on any atom is 0.249 e. The second-order valence-corrected chi connectivity index (χ2v) is 5.10. The number of aliphatic imine (C=N–C) groups is 1. The highest BCUT2D eigenvalue weighted by Crippen LogP contribution is 2.23. The molecule has 7 heteroatoms. The summed E-state index contributed by atoms with van der Waals surface area (Å²) >= 11 is 1.10. The van der Waals surface area contributed by atoms with Crippen LogP contribution in [0.1, 0.15) is 6.42 Å². The molecule has 0 bridgehead atoms. The van der Waals surface area contributed by atoms with Gasteiger partial charge in [-0.25, -0.2) is 0 Å². The van der Waals surface area contributed by atoms with Crippen molar-refractivity contribution < 1.29 is 14.3 Å². The van der Waals surface area contributed by atoms with Crippen LogP contribution in [0.5, 0.6) is 5.75 Å². The highest BCUT2D eigenvalue weighted by atomic mass is 32.2. The molecular weight excluding hydrogens is 266 g/mol. The largest absolute Gasteiger partial charge is 0.497 e. The lowest BCUT2D eigenvalue weighted by atomic mass is 10.2. The molecule has 100 valence electrons. The number of carbonyl (C=O) groups excluding carboxylic acids is 2. The lowest BCUT2D eigenvalue weighted by Crippen LogP contribution is -2.33. The van der Waals surface area contributed by atoms with Crippen LogP contribution in [-0.2, 0) is 9.59 Å². The number of amidine groups is 1. The van der Waals surface area contributed by atoms with Crippen molar-refractivity contribution in [1.29, 1.82) is 0 Å². The summed E-state index contributed by atoms with van der Waals surface area (Å²) in [6.07, 6.45) is 0.0629. The molecule has 1 aromatic carbocycles. The maximum absolute atomic E-state index is 12.0. The molecule has 1 aliphatic heterocycles. The fourth-order valence-corrected chi connectivity index (χ4v) is 2.42. The average molecular weight is 279 g/mol. The van der Waals surface area contributed by atoms with E-state index in [0.29, 0.717) is 11.4 Å². The van der Waals surface area contributed by atoms with Gasteiger partial charge in [-0.05, 0) is 24.3 Å². The Morgan fingerprint density at radius 1 is 1.47 bits per heavy atom. The first-order valence-corrected chi connectivity index (χ1v) is 6.45. The second kappa shape index (κ2) is 5.75. The number of amides is 2. The van der Waals surface area contributed by atoms with E-state index in [0.717, 1.165) is 11.8 Å². The molecule has 0 aromatic heterocycles. The SMILES string of the molecule is COc1ccc(NC(=O)[C@@H]2CC(=O)N=C(N)S2)cc1. The van der Waals surface area contributed by atoms with Crippen molar-refractivity contribution in [1.82, 2.24) is 0 Å². The van der Waals surface area contributed by atoms with Crippen molar-refractivity contribution in [2.45, 2.75) is 11.7 Å². The van der Waals surface area contributed by atoms with E-state index in [4.69, 9.17) is 10.5 Å². The fraction of sp³-hybridized carbons (Fsp3) is 0.250. The smallest absolute Gasteiger partial charge is 0.249 e. The highest BCUT2D eigenvalue weighted by Gasteiger charge is 2.27. The molecule has 2 amide bonds. The molecule has 0 radical (unpaired) electrons. The molecule has 0 aliphatic carbocycles. The van der Waals surface area contributed by atoms with E-state index in [1.165, 1.54) is 0 Å². The third-order valence-electron chi connectivity index (χ3n) is 2.51. The Kier molecular flexibility index (Phi) is 4.06. The van der Waals surface area contributed by atoms with Crippen LogP contribution in [0.25, 0.3) is 0 Å². The number of benzene rings is 1. The van der Waals surface area contributed by atoms with Gasteiger partial charge in [-0.2, -0.15) is 4.99 Å². The van der Waals surface area contributed by atoms with Crippen molar-refractivity contribution in [2.75, 3.05) is 12.4 Å². The Morgan fingerprint density at radius 3 is 2.74 bits per heavy atom. The Bertz CT molecular complexity index is 528. The standard InChI is InChI=1S/C12H13N3O3S/c1-18-8-4-2-7(3-5-8)14-11(17)9-6-10(16)15-12(13)19-9/h2-5,9H,6H2,1H3,(H,14,17)(H2,13,15,16)/t9-/m0/s1. The summed E-state index contributed by atoms with van der Waals surface area (Å²) in [6.45, 7) is 0. The lowest BCUT2D eigenvalue weighted by Gasteiger charge is -2.17. The maximum atomic E-state index is 12.0. The van der Waals surface area contributed by atoms with Gasteiger partial charge in [-0.3, -0.25) is 9.59 Å². The lowest BCUT2D eigenvalue weighted by molar-refractivity contribution is -0.121. The number of nitrogens with zero attached hydrogens (tertiary/aromatic N) is 1. The van der Waals surface area contributed by atoms with Crippen LogP contribution in [0.3, 0.4) is 0 Å². The Morgan fingerprint density at radius 2 is 2.16 bits per heavy atom. The molecule has 0 spiro atoms. The number of hydrogen-bond acceptors (Lipinski definition) is 5. The number of nitrogens with two attached hydrogens (primary N) is 1. The van der Waals surface area contributed by atoms with Crippen LogP contribution in [-0.4, -0.2) is 29.3 Å². The van der Waals surface area contributed by atoms with Crippen molar-refractivity contribution in [3.05, 3.63) is 24.3 Å². The first kappa shape index (κ1) is 13.4. The number of nitrogens with one attached hydrogen (secondary N) is 1. The van der Waals surface area contributed by atoms with Crippen molar-refractivity contribution in [2.24, 2.45) is 10.7 Å². The van der Waals surface area contributed by atoms with E-state index >= 15 is 0 Å². The predicted molar refractivity (Wildman–Crippen MR) is 74.2 cm³/mol. The summed E-state index contributed by atoms with van der Waals surface area (Å²) in [5.74, 6) is 0.0732. The van der Waals surface area contributed by atoms with Gasteiger partial charge in [0.05, 0.1) is 13.5 Å². The van der Waals surface area contributed by atoms with Crippen LogP contribution < -0.4 is 15.8 Å². The normalized spacial score (nSPS) is 18.7. The number of thioether (sulfide) groups is 1. The Hall–Kier alpha value is -2.02. The van der Waals surface area contributed by atoms with Crippen molar-refractivity contribution in [3.8, 4) is 5.75 Å². The van der Waals surface area contributed by atoms with E-state index in [2.05, 4.69) is 10.3 Å². The first-order chi connectivity index (χ1) is 9.08. The van der Waals surface area contributed by atoms with Gasteiger partial charge in [-0.15, -0.1) is 0 Å². The molecule has 19 heavy (non-hydrogen) atoms. The van der Waals surface area contributed by atoms with Crippen LogP contribution in [0.4, 0.5) is 5.69 Å². The number of carbonyl (C=O) groups is 2. The summed E-state index contributed by atoms with van der Waals surface area (Å²) in [5.41, 5.74) is 6.12. The minimum absolute atomic E-state index is 0.0629. The molecule has 0 saturated heterocycles. The summed E-state index contributed by atoms with van der Waals surface area (Å²) in [6, 6.07) is 6.93. The number of ether oxygens (including phenoxy) is 1. The van der Waals surface area contributed by atoms with Gasteiger partial charge in [0, 0.05) is 5.69 Å². The second-order valence-electron chi connectivity index (χ2n) is 3.87. The van der Waals surface area contributed by atoms with E-state index in [-0.39, 0.29) is 23.4 Å². The van der Waals surface area contributed by atoms with Gasteiger partial charge >= 0.3 is 0 Å². The van der Waals surface area contributed by atoms with Crippen molar-refractivity contribution >= 4 is 34.4 Å². The Labute approximate surface area is 114 Å². The van der Waals surface area contributed by atoms with Crippen LogP contribution in [0.2, 0.25) is 0 Å². The number of hydrogen-bond donors (Lipinski definition) is 2. The molecule has 1 atom stereocenters. The monoisotopic (exact) mass is 279 g/mol. The molecule has 6 nitrogen and oxygen atoms in total. The molecule has 1 aliphatic rings. The molecule has 0 fully saturated rings. The van der Waals surface area contributed by atoms with Gasteiger partial charge in [0.25, 0.3) is 0 Å². The number of anilines is 1. The van der Waals surface area contributed by atoms with Gasteiger partial charge in [-0.1, -0.05) is 11.8 Å². The molecule has 0 unspecified atom stereocenters. The molecule has 3 N–H and O–H groups in total. The van der Waals surface area contributed by atoms with Gasteiger partial charge in [0.15, 0.2) is 5.17 Å². The van der Waals surface area contributed by atoms with Gasteiger partial charge < -0.3 is 15.8 Å². The van der Waals surface area contributed by atoms with Gasteiger partial charge in [0.1, 0.15) is 11.0 Å². The minimum atomic E-state index is -0.535. The van der Waals surface area contributed by atoms with E-state index in [1.807, 2.05) is 0 Å². The topological polar surface area (TPSA) is 93.8 Å². The van der Waals surface area contributed by atoms with Gasteiger partial charge in [0.2, 0.25) is 11.8 Å². The molecule has 0 saturated carbocycles. The zero-order chi connectivity index (χ0) is 13.8. The van der Waals surface area contributed by atoms with Crippen LogP contribution >= 0.6 is 11.8 Å². The summed E-state index contributed by atoms with van der Waals surface area (Å²) in [4.78, 5) is 26.8. The molecular formula is C12H13N3O3S. The zero-order valence-corrected chi connectivity index (χ0v) is 11.1. The Balaban J connectivity index is 2.00. The first-order valence-electron chi connectivity index (χ1n) is 5.57. The highest BCUT2D eigenvalue weighted by molar-refractivity contribution is 8.15. The number of methoxy groups -OCH3 is 1. The van der Waals surface area contributed by atoms with Crippen molar-refractivity contribution in [3.63, 3.8) is 0 Å². The predicted octanol–water partition coefficient (Wildman–Crippen LogP) is 0.980. The summed E-state index contributed by atoms with van der Waals surface area (Å²) in [7, 11) is 1.57. The summed E-state index contributed by atoms with van der Waals surface area (Å²) < 4.78 is 5.02. The zero-order valence-electron chi connectivity index (χ0n) is 10.3. The fourth-order valence-electron chi connectivity index (χ4n) is 1.58. The summed E-state index contributed by atoms with van der Waals surface area (Å²) in [5, 5.41) is 2.32. The number of rotatable bonds is 3. The van der Waals surface area contributed by atoms with Crippen LogP contribution in [0.15, 0.2) is 29.3 Å². The van der Waals surface area contributed by atoms with E-state index < -0.39 is 5.25 Å². The van der Waals surface area contributed by atoms with Crippen LogP contribution in [0, 0.1) is 0 Å². The third kappa shape index (κ3) is 3.47. The molecule has 1 aromatic rings. The van der Waals surface area contributed by atoms with E-state index in [1.54, 1.807) is 31.4 Å². The minimum Gasteiger partial charge on any atom is -0.497 e. The molecule has 2 rings (SSSR count). The quantitative estimate of drug-likeness (QED) is 0.860.